The summed E-state index contributed by atoms with van der Waals surface area (Å²) < 4.78 is 5.22. The molecule has 0 radical (unpaired) electrons. The molecule has 22 heavy (non-hydrogen) atoms. The molecule has 0 saturated carbocycles. The van der Waals surface area contributed by atoms with Gasteiger partial charge in [-0.05, 0) is 18.4 Å². The van der Waals surface area contributed by atoms with Gasteiger partial charge in [-0.2, -0.15) is 4.98 Å². The molecule has 1 fully saturated rings. The van der Waals surface area contributed by atoms with E-state index in [0.29, 0.717) is 24.6 Å². The van der Waals surface area contributed by atoms with Crippen molar-refractivity contribution in [3.8, 4) is 10.7 Å². The molecule has 3 heterocycles. The van der Waals surface area contributed by atoms with Gasteiger partial charge in [-0.15, -0.1) is 23.7 Å². The van der Waals surface area contributed by atoms with Gasteiger partial charge in [0.2, 0.25) is 17.6 Å². The fourth-order valence-electron chi connectivity index (χ4n) is 2.43. The molecular formula is C14H19ClN4O2S. The summed E-state index contributed by atoms with van der Waals surface area (Å²) in [6.07, 6.45) is 0.907. The highest BCUT2D eigenvalue weighted by Gasteiger charge is 2.23. The number of nitrogens with one attached hydrogen (secondary N) is 1. The maximum atomic E-state index is 12.2. The van der Waals surface area contributed by atoms with Crippen LogP contribution < -0.4 is 5.32 Å². The van der Waals surface area contributed by atoms with Crippen LogP contribution in [0.25, 0.3) is 10.7 Å². The molecule has 120 valence electrons. The predicted molar refractivity (Wildman–Crippen MR) is 87.2 cm³/mol. The van der Waals surface area contributed by atoms with Crippen LogP contribution in [0.1, 0.15) is 19.2 Å². The molecule has 3 rings (SSSR count). The normalized spacial score (nSPS) is 18.0. The Morgan fingerprint density at radius 3 is 3.18 bits per heavy atom. The average Bonchev–Trinajstić information content (AvgIpc) is 3.16. The monoisotopic (exact) mass is 342 g/mol. The van der Waals surface area contributed by atoms with Crippen LogP contribution in [0, 0.1) is 0 Å². The summed E-state index contributed by atoms with van der Waals surface area (Å²) in [5.41, 5.74) is 0. The smallest absolute Gasteiger partial charge is 0.227 e. The van der Waals surface area contributed by atoms with E-state index in [1.165, 1.54) is 0 Å². The zero-order chi connectivity index (χ0) is 14.7. The Morgan fingerprint density at radius 2 is 2.45 bits per heavy atom. The number of aryl methyl sites for hydroxylation is 1. The molecule has 0 aromatic carbocycles. The number of thiophene rings is 1. The number of hydrogen-bond acceptors (Lipinski definition) is 6. The van der Waals surface area contributed by atoms with Crippen LogP contribution in [0.15, 0.2) is 22.0 Å². The van der Waals surface area contributed by atoms with E-state index < -0.39 is 0 Å². The number of carbonyl (C=O) groups excluding carboxylic acids is 1. The highest BCUT2D eigenvalue weighted by atomic mass is 35.5. The van der Waals surface area contributed by atoms with Gasteiger partial charge in [-0.3, -0.25) is 4.79 Å². The molecule has 1 N–H and O–H groups in total. The van der Waals surface area contributed by atoms with Crippen LogP contribution in [-0.2, 0) is 11.2 Å². The van der Waals surface area contributed by atoms with Crippen molar-refractivity contribution in [2.75, 3.05) is 19.6 Å². The fraction of sp³-hybridized carbons (Fsp3) is 0.500. The molecule has 1 amide bonds. The van der Waals surface area contributed by atoms with Crippen molar-refractivity contribution < 1.29 is 9.32 Å². The topological polar surface area (TPSA) is 71.3 Å². The van der Waals surface area contributed by atoms with Gasteiger partial charge in [0.25, 0.3) is 0 Å². The highest BCUT2D eigenvalue weighted by Crippen LogP contribution is 2.21. The van der Waals surface area contributed by atoms with Crippen molar-refractivity contribution in [2.45, 2.75) is 25.8 Å². The molecular weight excluding hydrogens is 324 g/mol. The summed E-state index contributed by atoms with van der Waals surface area (Å²) in [5, 5.41) is 9.20. The molecule has 1 atom stereocenters. The Morgan fingerprint density at radius 1 is 1.59 bits per heavy atom. The van der Waals surface area contributed by atoms with Crippen LogP contribution >= 0.6 is 23.7 Å². The van der Waals surface area contributed by atoms with Gasteiger partial charge in [0, 0.05) is 38.5 Å². The Kier molecular flexibility index (Phi) is 5.93. The van der Waals surface area contributed by atoms with Crippen molar-refractivity contribution in [2.24, 2.45) is 0 Å². The van der Waals surface area contributed by atoms with Crippen molar-refractivity contribution in [3.05, 3.63) is 23.4 Å². The maximum absolute atomic E-state index is 12.2. The predicted octanol–water partition coefficient (Wildman–Crippen LogP) is 1.97. The molecule has 6 nitrogen and oxygen atoms in total. The minimum Gasteiger partial charge on any atom is -0.339 e. The molecule has 2 aromatic heterocycles. The Labute approximate surface area is 139 Å². The van der Waals surface area contributed by atoms with Crippen LogP contribution in [0.3, 0.4) is 0 Å². The van der Waals surface area contributed by atoms with Crippen LogP contribution in [0.5, 0.6) is 0 Å². The summed E-state index contributed by atoms with van der Waals surface area (Å²) in [6, 6.07) is 4.15. The summed E-state index contributed by atoms with van der Waals surface area (Å²) >= 11 is 1.57. The molecule has 1 aliphatic heterocycles. The summed E-state index contributed by atoms with van der Waals surface area (Å²) in [4.78, 5) is 19.5. The molecule has 0 bridgehead atoms. The average molecular weight is 343 g/mol. The number of hydrogen-bond donors (Lipinski definition) is 1. The van der Waals surface area contributed by atoms with E-state index >= 15 is 0 Å². The number of aromatic nitrogens is 2. The summed E-state index contributed by atoms with van der Waals surface area (Å²) in [7, 11) is 0. The first-order valence-electron chi connectivity index (χ1n) is 7.10. The highest BCUT2D eigenvalue weighted by molar-refractivity contribution is 7.13. The molecule has 0 spiro atoms. The van der Waals surface area contributed by atoms with Gasteiger partial charge in [0.05, 0.1) is 4.88 Å². The van der Waals surface area contributed by atoms with E-state index in [-0.39, 0.29) is 24.4 Å². The molecule has 2 aromatic rings. The quantitative estimate of drug-likeness (QED) is 0.919. The van der Waals surface area contributed by atoms with Gasteiger partial charge in [-0.1, -0.05) is 11.2 Å². The zero-order valence-corrected chi connectivity index (χ0v) is 14.0. The van der Waals surface area contributed by atoms with E-state index in [0.717, 1.165) is 24.5 Å². The summed E-state index contributed by atoms with van der Waals surface area (Å²) in [5.74, 6) is 1.28. The van der Waals surface area contributed by atoms with E-state index in [9.17, 15) is 4.79 Å². The number of rotatable bonds is 4. The lowest BCUT2D eigenvalue weighted by molar-refractivity contribution is -0.134. The van der Waals surface area contributed by atoms with Crippen LogP contribution in [0.2, 0.25) is 0 Å². The summed E-state index contributed by atoms with van der Waals surface area (Å²) in [6.45, 7) is 4.55. The number of halogens is 1. The SMILES string of the molecule is CC1CNCCN1C(=O)CCc1nc(-c2cccs2)no1.Cl. The first-order valence-corrected chi connectivity index (χ1v) is 7.98. The van der Waals surface area contributed by atoms with Gasteiger partial charge in [-0.25, -0.2) is 0 Å². The Bertz CT molecular complexity index is 602. The lowest BCUT2D eigenvalue weighted by Crippen LogP contribution is -2.52. The van der Waals surface area contributed by atoms with E-state index in [4.69, 9.17) is 4.52 Å². The molecule has 1 saturated heterocycles. The number of carbonyl (C=O) groups is 1. The zero-order valence-electron chi connectivity index (χ0n) is 12.3. The van der Waals surface area contributed by atoms with Crippen LogP contribution in [-0.4, -0.2) is 46.6 Å². The minimum absolute atomic E-state index is 0. The van der Waals surface area contributed by atoms with Crippen LogP contribution in [0.4, 0.5) is 0 Å². The molecule has 8 heteroatoms. The maximum Gasteiger partial charge on any atom is 0.227 e. The van der Waals surface area contributed by atoms with E-state index in [2.05, 4.69) is 22.4 Å². The Hall–Kier alpha value is -1.44. The number of piperazine rings is 1. The van der Waals surface area contributed by atoms with Gasteiger partial charge in [0.15, 0.2) is 0 Å². The largest absolute Gasteiger partial charge is 0.339 e. The van der Waals surface area contributed by atoms with E-state index in [1.54, 1.807) is 11.3 Å². The second-order valence-electron chi connectivity index (χ2n) is 5.13. The van der Waals surface area contributed by atoms with Gasteiger partial charge < -0.3 is 14.7 Å². The third-order valence-electron chi connectivity index (χ3n) is 3.58. The van der Waals surface area contributed by atoms with Gasteiger partial charge >= 0.3 is 0 Å². The first-order chi connectivity index (χ1) is 10.2. The van der Waals surface area contributed by atoms with Crippen molar-refractivity contribution in [3.63, 3.8) is 0 Å². The lowest BCUT2D eigenvalue weighted by atomic mass is 10.2. The number of amides is 1. The lowest BCUT2D eigenvalue weighted by Gasteiger charge is -2.34. The third-order valence-corrected chi connectivity index (χ3v) is 4.45. The Balaban J connectivity index is 0.00000176. The first kappa shape index (κ1) is 16.9. The number of nitrogens with zero attached hydrogens (tertiary/aromatic N) is 3. The van der Waals surface area contributed by atoms with Gasteiger partial charge in [0.1, 0.15) is 0 Å². The second-order valence-corrected chi connectivity index (χ2v) is 6.08. The van der Waals surface area contributed by atoms with Crippen molar-refractivity contribution in [1.29, 1.82) is 0 Å². The van der Waals surface area contributed by atoms with Crippen molar-refractivity contribution >= 4 is 29.7 Å². The third kappa shape index (κ3) is 3.85. The molecule has 1 aliphatic rings. The minimum atomic E-state index is 0. The second kappa shape index (κ2) is 7.71. The fourth-order valence-corrected chi connectivity index (χ4v) is 3.08. The van der Waals surface area contributed by atoms with E-state index in [1.807, 2.05) is 22.4 Å². The standard InChI is InChI=1S/C14H18N4O2S.ClH/c1-10-9-15-6-7-18(10)13(19)5-4-12-16-14(17-20-12)11-3-2-8-21-11;/h2-3,8,10,15H,4-7,9H2,1H3;1H. The van der Waals surface area contributed by atoms with Crippen molar-refractivity contribution in [1.82, 2.24) is 20.4 Å². The molecule has 1 unspecified atom stereocenters. The molecule has 0 aliphatic carbocycles.